The fraction of sp³-hybridized carbons (Fsp3) is 0.600. The molecule has 1 heterocycles. The van der Waals surface area contributed by atoms with E-state index in [9.17, 15) is 5.11 Å². The molecular weight excluding hydrogens is 214 g/mol. The van der Waals surface area contributed by atoms with Gasteiger partial charge in [0, 0.05) is 0 Å². The number of anilines is 1. The van der Waals surface area contributed by atoms with Crippen molar-refractivity contribution in [3.8, 4) is 0 Å². The number of aliphatic hydroxyl groups excluding tert-OH is 1. The quantitative estimate of drug-likeness (QED) is 0.810. The average molecular weight is 228 g/mol. The normalized spacial score (nSPS) is 26.3. The molecule has 2 unspecified atom stereocenters. The highest BCUT2D eigenvalue weighted by Gasteiger charge is 2.22. The molecule has 82 valence electrons. The van der Waals surface area contributed by atoms with Crippen LogP contribution in [0, 0.1) is 0 Å². The Bertz CT molecular complexity index is 334. The Morgan fingerprint density at radius 2 is 2.13 bits per heavy atom. The van der Waals surface area contributed by atoms with E-state index in [4.69, 9.17) is 11.6 Å². The fourth-order valence-corrected chi connectivity index (χ4v) is 2.03. The highest BCUT2D eigenvalue weighted by molar-refractivity contribution is 6.29. The van der Waals surface area contributed by atoms with E-state index in [1.165, 1.54) is 6.20 Å². The van der Waals surface area contributed by atoms with Gasteiger partial charge in [-0.05, 0) is 12.8 Å². The first-order valence-corrected chi connectivity index (χ1v) is 5.55. The largest absolute Gasteiger partial charge is 0.391 e. The number of rotatable bonds is 2. The molecule has 0 spiro atoms. The maximum absolute atomic E-state index is 9.76. The number of hydrogen-bond acceptors (Lipinski definition) is 4. The molecule has 0 aliphatic heterocycles. The molecule has 1 aromatic heterocycles. The molecule has 15 heavy (non-hydrogen) atoms. The third kappa shape index (κ3) is 2.79. The van der Waals surface area contributed by atoms with Crippen LogP contribution in [0.1, 0.15) is 25.7 Å². The summed E-state index contributed by atoms with van der Waals surface area (Å²) in [5.74, 6) is 0.633. The number of nitrogens with one attached hydrogen (secondary N) is 1. The number of aliphatic hydroxyl groups is 1. The standard InChI is InChI=1S/C10H14ClN3O/c11-9-5-12-6-10(14-9)13-7-3-1-2-4-8(7)15/h5-8,15H,1-4H2,(H,13,14). The van der Waals surface area contributed by atoms with Gasteiger partial charge in [-0.3, -0.25) is 4.98 Å². The zero-order valence-corrected chi connectivity index (χ0v) is 9.11. The second kappa shape index (κ2) is 4.77. The lowest BCUT2D eigenvalue weighted by molar-refractivity contribution is 0.116. The molecule has 2 N–H and O–H groups in total. The van der Waals surface area contributed by atoms with Crippen LogP contribution < -0.4 is 5.32 Å². The molecule has 5 heteroatoms. The topological polar surface area (TPSA) is 58.0 Å². The molecule has 0 saturated heterocycles. The van der Waals surface area contributed by atoms with Crippen molar-refractivity contribution in [3.05, 3.63) is 17.5 Å². The number of halogens is 1. The Morgan fingerprint density at radius 1 is 1.33 bits per heavy atom. The second-order valence-electron chi connectivity index (χ2n) is 3.83. The Morgan fingerprint density at radius 3 is 2.87 bits per heavy atom. The summed E-state index contributed by atoms with van der Waals surface area (Å²) in [6.45, 7) is 0. The van der Waals surface area contributed by atoms with Crippen LogP contribution in [0.25, 0.3) is 0 Å². The van der Waals surface area contributed by atoms with Gasteiger partial charge in [-0.25, -0.2) is 4.98 Å². The molecule has 2 atom stereocenters. The lowest BCUT2D eigenvalue weighted by Gasteiger charge is -2.28. The number of nitrogens with zero attached hydrogens (tertiary/aromatic N) is 2. The summed E-state index contributed by atoms with van der Waals surface area (Å²) < 4.78 is 0. The maximum atomic E-state index is 9.76. The van der Waals surface area contributed by atoms with Gasteiger partial charge < -0.3 is 10.4 Å². The van der Waals surface area contributed by atoms with Gasteiger partial charge in [0.1, 0.15) is 11.0 Å². The molecule has 1 aromatic rings. The third-order valence-corrected chi connectivity index (χ3v) is 2.85. The van der Waals surface area contributed by atoms with Gasteiger partial charge in [0.25, 0.3) is 0 Å². The molecule has 0 bridgehead atoms. The summed E-state index contributed by atoms with van der Waals surface area (Å²) in [5, 5.41) is 13.3. The minimum Gasteiger partial charge on any atom is -0.391 e. The summed E-state index contributed by atoms with van der Waals surface area (Å²) in [6.07, 6.45) is 6.88. The molecular formula is C10H14ClN3O. The van der Waals surface area contributed by atoms with E-state index in [0.717, 1.165) is 25.7 Å². The lowest BCUT2D eigenvalue weighted by atomic mass is 9.93. The highest BCUT2D eigenvalue weighted by Crippen LogP contribution is 2.21. The maximum Gasteiger partial charge on any atom is 0.149 e. The summed E-state index contributed by atoms with van der Waals surface area (Å²) in [6, 6.07) is 0.0755. The van der Waals surface area contributed by atoms with Gasteiger partial charge in [0.15, 0.2) is 0 Å². The van der Waals surface area contributed by atoms with Crippen LogP contribution in [0.3, 0.4) is 0 Å². The van der Waals surface area contributed by atoms with Crippen LogP contribution in [0.5, 0.6) is 0 Å². The molecule has 1 fully saturated rings. The minimum absolute atomic E-state index is 0.0755. The van der Waals surface area contributed by atoms with Crippen LogP contribution in [-0.2, 0) is 0 Å². The molecule has 1 aliphatic rings. The smallest absolute Gasteiger partial charge is 0.149 e. The second-order valence-corrected chi connectivity index (χ2v) is 4.22. The first-order chi connectivity index (χ1) is 7.25. The van der Waals surface area contributed by atoms with Gasteiger partial charge in [-0.1, -0.05) is 24.4 Å². The van der Waals surface area contributed by atoms with Gasteiger partial charge in [-0.2, -0.15) is 0 Å². The number of aromatic nitrogens is 2. The Hall–Kier alpha value is -0.870. The van der Waals surface area contributed by atoms with Crippen molar-refractivity contribution in [2.75, 3.05) is 5.32 Å². The van der Waals surface area contributed by atoms with Crippen LogP contribution >= 0.6 is 11.6 Å². The van der Waals surface area contributed by atoms with E-state index in [1.54, 1.807) is 6.20 Å². The summed E-state index contributed by atoms with van der Waals surface area (Å²) >= 11 is 5.72. The van der Waals surface area contributed by atoms with Crippen LogP contribution in [0.15, 0.2) is 12.4 Å². The SMILES string of the molecule is OC1CCCCC1Nc1cncc(Cl)n1. The van der Waals surface area contributed by atoms with Crippen LogP contribution in [0.4, 0.5) is 5.82 Å². The number of hydrogen-bond donors (Lipinski definition) is 2. The fourth-order valence-electron chi connectivity index (χ4n) is 1.88. The Labute approximate surface area is 93.7 Å². The molecule has 0 radical (unpaired) electrons. The predicted octanol–water partition coefficient (Wildman–Crippen LogP) is 1.85. The van der Waals surface area contributed by atoms with Crippen molar-refractivity contribution in [2.24, 2.45) is 0 Å². The first kappa shape index (κ1) is 10.6. The summed E-state index contributed by atoms with van der Waals surface area (Å²) in [4.78, 5) is 8.02. The van der Waals surface area contributed by atoms with Crippen molar-refractivity contribution < 1.29 is 5.11 Å². The zero-order valence-electron chi connectivity index (χ0n) is 8.36. The van der Waals surface area contributed by atoms with Gasteiger partial charge in [0.2, 0.25) is 0 Å². The van der Waals surface area contributed by atoms with Gasteiger partial charge >= 0.3 is 0 Å². The molecule has 1 saturated carbocycles. The summed E-state index contributed by atoms with van der Waals surface area (Å²) in [7, 11) is 0. The van der Waals surface area contributed by atoms with Crippen LogP contribution in [0.2, 0.25) is 5.15 Å². The molecule has 2 rings (SSSR count). The first-order valence-electron chi connectivity index (χ1n) is 5.18. The predicted molar refractivity (Wildman–Crippen MR) is 58.9 cm³/mol. The Balaban J connectivity index is 2.01. The van der Waals surface area contributed by atoms with E-state index in [-0.39, 0.29) is 12.1 Å². The molecule has 1 aliphatic carbocycles. The zero-order chi connectivity index (χ0) is 10.7. The Kier molecular flexibility index (Phi) is 3.38. The van der Waals surface area contributed by atoms with E-state index >= 15 is 0 Å². The lowest BCUT2D eigenvalue weighted by Crippen LogP contribution is -2.36. The van der Waals surface area contributed by atoms with Crippen molar-refractivity contribution in [1.29, 1.82) is 0 Å². The van der Waals surface area contributed by atoms with Gasteiger partial charge in [-0.15, -0.1) is 0 Å². The van der Waals surface area contributed by atoms with E-state index < -0.39 is 0 Å². The van der Waals surface area contributed by atoms with Crippen molar-refractivity contribution >= 4 is 17.4 Å². The minimum atomic E-state index is -0.292. The monoisotopic (exact) mass is 227 g/mol. The average Bonchev–Trinajstić information content (AvgIpc) is 2.22. The highest BCUT2D eigenvalue weighted by atomic mass is 35.5. The van der Waals surface area contributed by atoms with E-state index in [0.29, 0.717) is 11.0 Å². The van der Waals surface area contributed by atoms with Gasteiger partial charge in [0.05, 0.1) is 24.5 Å². The van der Waals surface area contributed by atoms with Crippen molar-refractivity contribution in [2.45, 2.75) is 37.8 Å². The van der Waals surface area contributed by atoms with E-state index in [1.807, 2.05) is 0 Å². The molecule has 0 aromatic carbocycles. The van der Waals surface area contributed by atoms with E-state index in [2.05, 4.69) is 15.3 Å². The van der Waals surface area contributed by atoms with Crippen molar-refractivity contribution in [1.82, 2.24) is 9.97 Å². The molecule has 0 amide bonds. The van der Waals surface area contributed by atoms with Crippen molar-refractivity contribution in [3.63, 3.8) is 0 Å². The molecule has 4 nitrogen and oxygen atoms in total. The summed E-state index contributed by atoms with van der Waals surface area (Å²) in [5.41, 5.74) is 0. The van der Waals surface area contributed by atoms with Crippen LogP contribution in [-0.4, -0.2) is 27.2 Å². The third-order valence-electron chi connectivity index (χ3n) is 2.67.